The Labute approximate surface area is 154 Å². The highest BCUT2D eigenvalue weighted by atomic mass is 16.5. The highest BCUT2D eigenvalue weighted by Gasteiger charge is 2.18. The lowest BCUT2D eigenvalue weighted by Crippen LogP contribution is -2.31. The van der Waals surface area contributed by atoms with Crippen molar-refractivity contribution in [1.29, 1.82) is 0 Å². The van der Waals surface area contributed by atoms with Crippen LogP contribution in [0.3, 0.4) is 0 Å². The largest absolute Gasteiger partial charge is 0.492 e. The molecule has 0 aromatic heterocycles. The molecule has 0 fully saturated rings. The summed E-state index contributed by atoms with van der Waals surface area (Å²) in [4.78, 5) is 25.7. The van der Waals surface area contributed by atoms with Gasteiger partial charge in [-0.25, -0.2) is 0 Å². The van der Waals surface area contributed by atoms with Gasteiger partial charge in [0.2, 0.25) is 5.91 Å². The van der Waals surface area contributed by atoms with Crippen molar-refractivity contribution in [2.24, 2.45) is 0 Å². The average Bonchev–Trinajstić information content (AvgIpc) is 2.59. The van der Waals surface area contributed by atoms with Crippen LogP contribution in [0.2, 0.25) is 0 Å². The maximum absolute atomic E-state index is 12.6. The Morgan fingerprint density at radius 3 is 2.58 bits per heavy atom. The lowest BCUT2D eigenvalue weighted by molar-refractivity contribution is -0.116. The van der Waals surface area contributed by atoms with Gasteiger partial charge in [-0.15, -0.1) is 0 Å². The van der Waals surface area contributed by atoms with E-state index in [1.165, 1.54) is 0 Å². The number of amides is 2. The first-order valence-corrected chi connectivity index (χ1v) is 8.82. The van der Waals surface area contributed by atoms with Crippen LogP contribution in [0, 0.1) is 13.8 Å². The van der Waals surface area contributed by atoms with Gasteiger partial charge in [0.15, 0.2) is 0 Å². The minimum absolute atomic E-state index is 0.0252. The number of rotatable bonds is 5. The third-order valence-electron chi connectivity index (χ3n) is 4.49. The summed E-state index contributed by atoms with van der Waals surface area (Å²) < 4.78 is 5.79. The van der Waals surface area contributed by atoms with E-state index >= 15 is 0 Å². The molecule has 0 aliphatic carbocycles. The van der Waals surface area contributed by atoms with Crippen LogP contribution in [0.4, 0.5) is 5.69 Å². The Hall–Kier alpha value is -2.82. The maximum atomic E-state index is 12.6. The van der Waals surface area contributed by atoms with Crippen molar-refractivity contribution >= 4 is 17.5 Å². The van der Waals surface area contributed by atoms with E-state index in [9.17, 15) is 9.59 Å². The van der Waals surface area contributed by atoms with Crippen molar-refractivity contribution in [2.75, 3.05) is 25.5 Å². The summed E-state index contributed by atoms with van der Waals surface area (Å²) in [5, 5.41) is 2.83. The summed E-state index contributed by atoms with van der Waals surface area (Å²) >= 11 is 0. The van der Waals surface area contributed by atoms with Gasteiger partial charge in [0.05, 0.1) is 6.54 Å². The zero-order chi connectivity index (χ0) is 18.7. The highest BCUT2D eigenvalue weighted by Crippen LogP contribution is 2.24. The normalized spacial score (nSPS) is 13.0. The van der Waals surface area contributed by atoms with E-state index in [4.69, 9.17) is 4.74 Å². The van der Waals surface area contributed by atoms with Gasteiger partial charge >= 0.3 is 0 Å². The molecule has 0 atom stereocenters. The lowest BCUT2D eigenvalue weighted by atomic mass is 10.00. The third-order valence-corrected chi connectivity index (χ3v) is 4.49. The number of benzene rings is 2. The molecule has 2 amide bonds. The molecule has 1 heterocycles. The summed E-state index contributed by atoms with van der Waals surface area (Å²) in [7, 11) is 1.77. The van der Waals surface area contributed by atoms with Crippen LogP contribution in [-0.4, -0.2) is 36.9 Å². The van der Waals surface area contributed by atoms with E-state index in [2.05, 4.69) is 11.4 Å². The van der Waals surface area contributed by atoms with E-state index in [0.29, 0.717) is 31.6 Å². The highest BCUT2D eigenvalue weighted by molar-refractivity contribution is 5.97. The Balaban J connectivity index is 1.58. The zero-order valence-corrected chi connectivity index (χ0v) is 15.5. The van der Waals surface area contributed by atoms with Gasteiger partial charge in [-0.1, -0.05) is 6.07 Å². The smallest absolute Gasteiger partial charge is 0.253 e. The summed E-state index contributed by atoms with van der Waals surface area (Å²) in [5.74, 6) is 0.804. The van der Waals surface area contributed by atoms with Crippen LogP contribution in [0.5, 0.6) is 5.75 Å². The fraction of sp³-hybridized carbons (Fsp3) is 0.333. The fourth-order valence-corrected chi connectivity index (χ4v) is 3.16. The number of likely N-dealkylation sites (N-methyl/N-ethyl adjacent to an activating group) is 1. The number of ether oxygens (including phenoxy) is 1. The molecular formula is C21H24N2O3. The van der Waals surface area contributed by atoms with Gasteiger partial charge in [-0.3, -0.25) is 9.59 Å². The van der Waals surface area contributed by atoms with Gasteiger partial charge in [0.1, 0.15) is 12.4 Å². The zero-order valence-electron chi connectivity index (χ0n) is 15.5. The standard InChI is InChI=1S/C21H24N2O3/c1-14-10-15(2)12-18(11-14)26-9-8-23(3)21(25)17-4-6-19-16(13-17)5-7-20(24)22-19/h4,6,10-13H,5,7-9H2,1-3H3,(H,22,24). The number of hydrogen-bond acceptors (Lipinski definition) is 3. The lowest BCUT2D eigenvalue weighted by Gasteiger charge is -2.20. The Morgan fingerprint density at radius 2 is 1.85 bits per heavy atom. The van der Waals surface area contributed by atoms with E-state index in [-0.39, 0.29) is 11.8 Å². The molecule has 0 saturated heterocycles. The molecule has 3 rings (SSSR count). The molecule has 5 heteroatoms. The predicted octanol–water partition coefficient (Wildman–Crippen LogP) is 3.34. The van der Waals surface area contributed by atoms with E-state index in [1.807, 2.05) is 32.0 Å². The van der Waals surface area contributed by atoms with Gasteiger partial charge in [-0.2, -0.15) is 0 Å². The first kappa shape index (κ1) is 18.0. The Kier molecular flexibility index (Phi) is 5.26. The maximum Gasteiger partial charge on any atom is 0.253 e. The molecular weight excluding hydrogens is 328 g/mol. The first-order valence-electron chi connectivity index (χ1n) is 8.82. The van der Waals surface area contributed by atoms with E-state index in [0.717, 1.165) is 28.1 Å². The van der Waals surface area contributed by atoms with Crippen LogP contribution in [0.25, 0.3) is 0 Å². The van der Waals surface area contributed by atoms with Crippen molar-refractivity contribution in [3.8, 4) is 5.75 Å². The SMILES string of the molecule is Cc1cc(C)cc(OCCN(C)C(=O)c2ccc3c(c2)CCC(=O)N3)c1. The fourth-order valence-electron chi connectivity index (χ4n) is 3.16. The van der Waals surface area contributed by atoms with Gasteiger partial charge in [-0.05, 0) is 67.3 Å². The predicted molar refractivity (Wildman–Crippen MR) is 102 cm³/mol. The van der Waals surface area contributed by atoms with Crippen LogP contribution in [-0.2, 0) is 11.2 Å². The minimum atomic E-state index is -0.0475. The topological polar surface area (TPSA) is 58.6 Å². The van der Waals surface area contributed by atoms with Gasteiger partial charge < -0.3 is 15.0 Å². The molecule has 0 bridgehead atoms. The van der Waals surface area contributed by atoms with Crippen molar-refractivity contribution in [2.45, 2.75) is 26.7 Å². The molecule has 0 unspecified atom stereocenters. The molecule has 5 nitrogen and oxygen atoms in total. The second kappa shape index (κ2) is 7.60. The molecule has 1 aliphatic rings. The monoisotopic (exact) mass is 352 g/mol. The number of nitrogens with zero attached hydrogens (tertiary/aromatic N) is 1. The number of nitrogens with one attached hydrogen (secondary N) is 1. The van der Waals surface area contributed by atoms with Crippen LogP contribution >= 0.6 is 0 Å². The van der Waals surface area contributed by atoms with Crippen molar-refractivity contribution in [3.63, 3.8) is 0 Å². The number of hydrogen-bond donors (Lipinski definition) is 1. The third kappa shape index (κ3) is 4.23. The first-order chi connectivity index (χ1) is 12.4. The van der Waals surface area contributed by atoms with E-state index in [1.54, 1.807) is 24.1 Å². The van der Waals surface area contributed by atoms with Crippen LogP contribution in [0.1, 0.15) is 33.5 Å². The molecule has 0 spiro atoms. The number of aryl methyl sites for hydroxylation is 3. The molecule has 136 valence electrons. The molecule has 2 aromatic carbocycles. The number of fused-ring (bicyclic) bond motifs is 1. The second-order valence-electron chi connectivity index (χ2n) is 6.82. The van der Waals surface area contributed by atoms with Gasteiger partial charge in [0.25, 0.3) is 5.91 Å². The van der Waals surface area contributed by atoms with Gasteiger partial charge in [0, 0.05) is 24.7 Å². The molecule has 26 heavy (non-hydrogen) atoms. The molecule has 1 aliphatic heterocycles. The van der Waals surface area contributed by atoms with E-state index < -0.39 is 0 Å². The summed E-state index contributed by atoms with van der Waals surface area (Å²) in [6.07, 6.45) is 1.13. The Morgan fingerprint density at radius 1 is 1.12 bits per heavy atom. The van der Waals surface area contributed by atoms with Crippen LogP contribution in [0.15, 0.2) is 36.4 Å². The number of anilines is 1. The average molecular weight is 352 g/mol. The summed E-state index contributed by atoms with van der Waals surface area (Å²) in [6.45, 7) is 5.01. The second-order valence-corrected chi connectivity index (χ2v) is 6.82. The molecule has 2 aromatic rings. The van der Waals surface area contributed by atoms with Crippen molar-refractivity contribution in [3.05, 3.63) is 58.7 Å². The minimum Gasteiger partial charge on any atom is -0.492 e. The number of carbonyl (C=O) groups excluding carboxylic acids is 2. The summed E-state index contributed by atoms with van der Waals surface area (Å²) in [6, 6.07) is 11.5. The van der Waals surface area contributed by atoms with Crippen LogP contribution < -0.4 is 10.1 Å². The molecule has 1 N–H and O–H groups in total. The quantitative estimate of drug-likeness (QED) is 0.898. The van der Waals surface area contributed by atoms with Crippen molar-refractivity contribution < 1.29 is 14.3 Å². The summed E-state index contributed by atoms with van der Waals surface area (Å²) in [5.41, 5.74) is 4.76. The molecule has 0 saturated carbocycles. The molecule has 0 radical (unpaired) electrons. The number of carbonyl (C=O) groups is 2. The van der Waals surface area contributed by atoms with Crippen molar-refractivity contribution in [1.82, 2.24) is 4.90 Å². The Bertz CT molecular complexity index is 825.